The van der Waals surface area contributed by atoms with E-state index in [1.807, 2.05) is 32.0 Å². The summed E-state index contributed by atoms with van der Waals surface area (Å²) in [6, 6.07) is 10.0. The Balaban J connectivity index is 1.39. The molecule has 4 heterocycles. The molecule has 6 rings (SSSR count). The minimum Gasteiger partial charge on any atom is -0.497 e. The van der Waals surface area contributed by atoms with E-state index in [0.29, 0.717) is 40.7 Å². The SMILES string of the molecule is COc1cccc(-c2cc3c(cc2F)C(NC(=O)O[C@H]2CN4CCC2CC4)C(C)(C)CO3)c1. The van der Waals surface area contributed by atoms with E-state index in [2.05, 4.69) is 10.2 Å². The zero-order valence-corrected chi connectivity index (χ0v) is 19.4. The minimum atomic E-state index is -0.447. The summed E-state index contributed by atoms with van der Waals surface area (Å²) >= 11 is 0. The molecular weight excluding hydrogens is 423 g/mol. The highest BCUT2D eigenvalue weighted by molar-refractivity contribution is 5.71. The Morgan fingerprint density at radius 1 is 1.21 bits per heavy atom. The number of methoxy groups -OCH3 is 1. The van der Waals surface area contributed by atoms with Crippen molar-refractivity contribution >= 4 is 6.09 Å². The van der Waals surface area contributed by atoms with Gasteiger partial charge in [-0.1, -0.05) is 26.0 Å². The van der Waals surface area contributed by atoms with Gasteiger partial charge in [-0.3, -0.25) is 4.90 Å². The first-order valence-corrected chi connectivity index (χ1v) is 11.6. The van der Waals surface area contributed by atoms with E-state index >= 15 is 4.39 Å². The number of benzene rings is 2. The molecule has 176 valence electrons. The van der Waals surface area contributed by atoms with E-state index in [1.54, 1.807) is 19.2 Å². The van der Waals surface area contributed by atoms with Gasteiger partial charge < -0.3 is 19.5 Å². The number of piperidine rings is 3. The molecule has 0 spiro atoms. The van der Waals surface area contributed by atoms with Gasteiger partial charge in [0.25, 0.3) is 0 Å². The number of carbonyl (C=O) groups is 1. The van der Waals surface area contributed by atoms with Crippen molar-refractivity contribution in [3.05, 3.63) is 47.8 Å². The van der Waals surface area contributed by atoms with Crippen molar-refractivity contribution in [2.45, 2.75) is 38.8 Å². The van der Waals surface area contributed by atoms with Crippen LogP contribution in [0.1, 0.15) is 38.3 Å². The summed E-state index contributed by atoms with van der Waals surface area (Å²) in [7, 11) is 1.58. The molecule has 33 heavy (non-hydrogen) atoms. The van der Waals surface area contributed by atoms with Gasteiger partial charge in [-0.05, 0) is 61.7 Å². The zero-order valence-electron chi connectivity index (χ0n) is 19.4. The first-order chi connectivity index (χ1) is 15.8. The second kappa shape index (κ2) is 8.52. The van der Waals surface area contributed by atoms with Crippen molar-refractivity contribution in [3.8, 4) is 22.6 Å². The number of fused-ring (bicyclic) bond motifs is 4. The van der Waals surface area contributed by atoms with Gasteiger partial charge in [0.15, 0.2) is 0 Å². The van der Waals surface area contributed by atoms with Gasteiger partial charge in [-0.25, -0.2) is 9.18 Å². The van der Waals surface area contributed by atoms with E-state index in [0.717, 1.165) is 32.5 Å². The fourth-order valence-electron chi connectivity index (χ4n) is 5.31. The van der Waals surface area contributed by atoms with Crippen LogP contribution in [0.2, 0.25) is 0 Å². The van der Waals surface area contributed by atoms with E-state index in [1.165, 1.54) is 6.07 Å². The van der Waals surface area contributed by atoms with Crippen molar-refractivity contribution < 1.29 is 23.4 Å². The first kappa shape index (κ1) is 22.0. The van der Waals surface area contributed by atoms with Crippen LogP contribution in [0, 0.1) is 17.2 Å². The summed E-state index contributed by atoms with van der Waals surface area (Å²) in [5.74, 6) is 1.28. The second-order valence-electron chi connectivity index (χ2n) is 10.0. The normalized spacial score (nSPS) is 27.3. The topological polar surface area (TPSA) is 60.0 Å². The third kappa shape index (κ3) is 4.26. The van der Waals surface area contributed by atoms with Gasteiger partial charge in [0.2, 0.25) is 0 Å². The summed E-state index contributed by atoms with van der Waals surface area (Å²) in [6.07, 6.45) is 1.61. The molecule has 1 N–H and O–H groups in total. The van der Waals surface area contributed by atoms with Gasteiger partial charge in [-0.2, -0.15) is 0 Å². The molecular formula is C26H31FN2O4. The number of halogens is 1. The number of hydrogen-bond donors (Lipinski definition) is 1. The molecule has 1 unspecified atom stereocenters. The fraction of sp³-hybridized carbons (Fsp3) is 0.500. The number of alkyl carbamates (subject to hydrolysis) is 1. The highest BCUT2D eigenvalue weighted by Gasteiger charge is 2.41. The standard InChI is InChI=1S/C26H31FN2O4/c1-26(2)15-32-22-13-19(17-5-4-6-18(11-17)31-3)21(27)12-20(22)24(26)28-25(30)33-23-14-29-9-7-16(23)8-10-29/h4-6,11-13,16,23-24H,7-10,14-15H2,1-3H3,(H,28,30)/t23-,24?/m0/s1. The van der Waals surface area contributed by atoms with Gasteiger partial charge in [0.05, 0.1) is 19.8 Å². The molecule has 0 radical (unpaired) electrons. The zero-order chi connectivity index (χ0) is 23.2. The molecule has 7 heteroatoms. The van der Waals surface area contributed by atoms with Crippen LogP contribution in [-0.4, -0.2) is 50.4 Å². The van der Waals surface area contributed by atoms with Crippen molar-refractivity contribution in [1.29, 1.82) is 0 Å². The third-order valence-electron chi connectivity index (χ3n) is 7.29. The number of ether oxygens (including phenoxy) is 3. The molecule has 6 nitrogen and oxygen atoms in total. The van der Waals surface area contributed by atoms with E-state index in [4.69, 9.17) is 14.2 Å². The van der Waals surface area contributed by atoms with Crippen LogP contribution in [0.15, 0.2) is 36.4 Å². The van der Waals surface area contributed by atoms with Crippen molar-refractivity contribution in [1.82, 2.24) is 10.2 Å². The molecule has 2 aromatic rings. The van der Waals surface area contributed by atoms with Crippen LogP contribution >= 0.6 is 0 Å². The van der Waals surface area contributed by atoms with Gasteiger partial charge in [0.1, 0.15) is 23.4 Å². The number of nitrogens with one attached hydrogen (secondary N) is 1. The van der Waals surface area contributed by atoms with Crippen LogP contribution in [0.5, 0.6) is 11.5 Å². The third-order valence-corrected chi connectivity index (χ3v) is 7.29. The average Bonchev–Trinajstić information content (AvgIpc) is 2.81. The molecule has 1 amide bonds. The molecule has 2 atom stereocenters. The molecule has 3 saturated heterocycles. The molecule has 3 fully saturated rings. The summed E-state index contributed by atoms with van der Waals surface area (Å²) in [5, 5.41) is 3.03. The molecule has 4 aliphatic heterocycles. The lowest BCUT2D eigenvalue weighted by Crippen LogP contribution is -2.53. The Hall–Kier alpha value is -2.80. The lowest BCUT2D eigenvalue weighted by molar-refractivity contribution is -0.0361. The maximum absolute atomic E-state index is 15.3. The molecule has 2 aromatic carbocycles. The van der Waals surface area contributed by atoms with Crippen molar-refractivity contribution in [3.63, 3.8) is 0 Å². The van der Waals surface area contributed by atoms with Crippen LogP contribution in [0.25, 0.3) is 11.1 Å². The number of amides is 1. The Morgan fingerprint density at radius 3 is 2.70 bits per heavy atom. The van der Waals surface area contributed by atoms with Crippen LogP contribution in [0.4, 0.5) is 9.18 Å². The lowest BCUT2D eigenvalue weighted by atomic mass is 9.78. The van der Waals surface area contributed by atoms with Gasteiger partial charge in [-0.15, -0.1) is 0 Å². The average molecular weight is 455 g/mol. The maximum atomic E-state index is 15.3. The largest absolute Gasteiger partial charge is 0.497 e. The Morgan fingerprint density at radius 2 is 2.00 bits per heavy atom. The smallest absolute Gasteiger partial charge is 0.407 e. The Kier molecular flexibility index (Phi) is 5.69. The summed E-state index contributed by atoms with van der Waals surface area (Å²) < 4.78 is 32.4. The van der Waals surface area contributed by atoms with Crippen LogP contribution in [-0.2, 0) is 4.74 Å². The van der Waals surface area contributed by atoms with Crippen molar-refractivity contribution in [2.24, 2.45) is 11.3 Å². The highest BCUT2D eigenvalue weighted by atomic mass is 19.1. The van der Waals surface area contributed by atoms with E-state index in [9.17, 15) is 4.79 Å². The maximum Gasteiger partial charge on any atom is 0.407 e. The van der Waals surface area contributed by atoms with Gasteiger partial charge >= 0.3 is 6.09 Å². The fourth-order valence-corrected chi connectivity index (χ4v) is 5.31. The van der Waals surface area contributed by atoms with Crippen molar-refractivity contribution in [2.75, 3.05) is 33.4 Å². The highest BCUT2D eigenvalue weighted by Crippen LogP contribution is 2.45. The molecule has 0 aliphatic carbocycles. The molecule has 0 saturated carbocycles. The number of hydrogen-bond acceptors (Lipinski definition) is 5. The number of nitrogens with zero attached hydrogens (tertiary/aromatic N) is 1. The van der Waals surface area contributed by atoms with Gasteiger partial charge in [0, 0.05) is 23.1 Å². The quantitative estimate of drug-likeness (QED) is 0.721. The van der Waals surface area contributed by atoms with Crippen LogP contribution in [0.3, 0.4) is 0 Å². The monoisotopic (exact) mass is 454 g/mol. The van der Waals surface area contributed by atoms with E-state index in [-0.39, 0.29) is 11.9 Å². The predicted molar refractivity (Wildman–Crippen MR) is 123 cm³/mol. The lowest BCUT2D eigenvalue weighted by Gasteiger charge is -2.44. The first-order valence-electron chi connectivity index (χ1n) is 11.6. The summed E-state index contributed by atoms with van der Waals surface area (Å²) in [5.41, 5.74) is 1.34. The number of carbonyl (C=O) groups excluding carboxylic acids is 1. The van der Waals surface area contributed by atoms with E-state index < -0.39 is 17.6 Å². The predicted octanol–water partition coefficient (Wildman–Crippen LogP) is 4.78. The Labute approximate surface area is 194 Å². The minimum absolute atomic E-state index is 0.0814. The Bertz CT molecular complexity index is 1050. The summed E-state index contributed by atoms with van der Waals surface area (Å²) in [4.78, 5) is 15.2. The summed E-state index contributed by atoms with van der Waals surface area (Å²) in [6.45, 7) is 7.37. The molecule has 4 aliphatic rings. The molecule has 2 bridgehead atoms. The van der Waals surface area contributed by atoms with Crippen LogP contribution < -0.4 is 14.8 Å². The number of rotatable bonds is 4. The molecule has 0 aromatic heterocycles. The second-order valence-corrected chi connectivity index (χ2v) is 10.0.